The van der Waals surface area contributed by atoms with E-state index < -0.39 is 0 Å². The maximum absolute atomic E-state index is 12.8. The molecule has 0 aliphatic carbocycles. The van der Waals surface area contributed by atoms with Gasteiger partial charge in [-0.2, -0.15) is 0 Å². The van der Waals surface area contributed by atoms with Crippen molar-refractivity contribution in [1.82, 2.24) is 0 Å². The first-order chi connectivity index (χ1) is 8.17. The molecule has 1 aromatic carbocycles. The summed E-state index contributed by atoms with van der Waals surface area (Å²) in [6.45, 7) is 0. The van der Waals surface area contributed by atoms with Gasteiger partial charge in [-0.25, -0.2) is 4.39 Å². The summed E-state index contributed by atoms with van der Waals surface area (Å²) in [6.07, 6.45) is 1.65. The Labute approximate surface area is 101 Å². The first kappa shape index (κ1) is 13.6. The molecule has 1 atom stereocenters. The molecule has 0 N–H and O–H groups in total. The van der Waals surface area contributed by atoms with Crippen molar-refractivity contribution in [3.8, 4) is 0 Å². The SMILES string of the molecule is COC(=O)CCC[C@H](OC)c1ccc(F)cc1. The zero-order chi connectivity index (χ0) is 12.7. The quantitative estimate of drug-likeness (QED) is 0.717. The molecule has 0 aliphatic rings. The second kappa shape index (κ2) is 7.01. The summed E-state index contributed by atoms with van der Waals surface area (Å²) in [5.41, 5.74) is 0.916. The lowest BCUT2D eigenvalue weighted by atomic mass is 10.0. The highest BCUT2D eigenvalue weighted by Crippen LogP contribution is 2.22. The molecule has 0 radical (unpaired) electrons. The van der Waals surface area contributed by atoms with Gasteiger partial charge in [0.15, 0.2) is 0 Å². The van der Waals surface area contributed by atoms with Crippen LogP contribution in [-0.2, 0) is 14.3 Å². The Morgan fingerprint density at radius 3 is 2.47 bits per heavy atom. The van der Waals surface area contributed by atoms with E-state index in [9.17, 15) is 9.18 Å². The number of hydrogen-bond acceptors (Lipinski definition) is 3. The molecule has 0 bridgehead atoms. The van der Waals surface area contributed by atoms with Crippen LogP contribution in [0.5, 0.6) is 0 Å². The average molecular weight is 240 g/mol. The van der Waals surface area contributed by atoms with Crippen LogP contribution in [0.3, 0.4) is 0 Å². The largest absolute Gasteiger partial charge is 0.469 e. The zero-order valence-corrected chi connectivity index (χ0v) is 10.1. The lowest BCUT2D eigenvalue weighted by molar-refractivity contribution is -0.140. The fourth-order valence-corrected chi connectivity index (χ4v) is 1.63. The Morgan fingerprint density at radius 1 is 1.29 bits per heavy atom. The lowest BCUT2D eigenvalue weighted by Gasteiger charge is -2.15. The summed E-state index contributed by atoms with van der Waals surface area (Å²) in [6, 6.07) is 6.20. The summed E-state index contributed by atoms with van der Waals surface area (Å²) in [7, 11) is 2.97. The normalized spacial score (nSPS) is 12.2. The first-order valence-electron chi connectivity index (χ1n) is 5.52. The molecule has 0 aromatic heterocycles. The average Bonchev–Trinajstić information content (AvgIpc) is 2.35. The molecule has 0 spiro atoms. The van der Waals surface area contributed by atoms with E-state index in [2.05, 4.69) is 4.74 Å². The summed E-state index contributed by atoms with van der Waals surface area (Å²) in [5.74, 6) is -0.489. The van der Waals surface area contributed by atoms with Crippen LogP contribution in [0.1, 0.15) is 30.9 Å². The Kier molecular flexibility index (Phi) is 5.63. The van der Waals surface area contributed by atoms with Gasteiger partial charge in [-0.1, -0.05) is 12.1 Å². The van der Waals surface area contributed by atoms with Gasteiger partial charge in [-0.05, 0) is 30.5 Å². The highest BCUT2D eigenvalue weighted by atomic mass is 19.1. The molecule has 0 unspecified atom stereocenters. The third-order valence-corrected chi connectivity index (χ3v) is 2.60. The summed E-state index contributed by atoms with van der Waals surface area (Å²) >= 11 is 0. The molecule has 94 valence electrons. The molecule has 3 nitrogen and oxygen atoms in total. The van der Waals surface area contributed by atoms with Crippen molar-refractivity contribution in [3.05, 3.63) is 35.6 Å². The van der Waals surface area contributed by atoms with Crippen LogP contribution < -0.4 is 0 Å². The molecule has 0 aliphatic heterocycles. The van der Waals surface area contributed by atoms with E-state index in [1.165, 1.54) is 19.2 Å². The fraction of sp³-hybridized carbons (Fsp3) is 0.462. The predicted molar refractivity (Wildman–Crippen MR) is 62.0 cm³/mol. The Morgan fingerprint density at radius 2 is 1.94 bits per heavy atom. The number of esters is 1. The minimum absolute atomic E-state index is 0.111. The molecule has 0 saturated heterocycles. The van der Waals surface area contributed by atoms with Crippen LogP contribution >= 0.6 is 0 Å². The standard InChI is InChI=1S/C13H17FO3/c1-16-12(4-3-5-13(15)17-2)10-6-8-11(14)9-7-10/h6-9,12H,3-5H2,1-2H3/t12-/m0/s1. The Bertz CT molecular complexity index is 348. The van der Waals surface area contributed by atoms with E-state index in [0.29, 0.717) is 19.3 Å². The van der Waals surface area contributed by atoms with Crippen LogP contribution in [-0.4, -0.2) is 20.2 Å². The van der Waals surface area contributed by atoms with Crippen LogP contribution in [0.2, 0.25) is 0 Å². The highest BCUT2D eigenvalue weighted by Gasteiger charge is 2.11. The third-order valence-electron chi connectivity index (χ3n) is 2.60. The summed E-state index contributed by atoms with van der Waals surface area (Å²) in [5, 5.41) is 0. The van der Waals surface area contributed by atoms with Crippen molar-refractivity contribution in [2.24, 2.45) is 0 Å². The Hall–Kier alpha value is -1.42. The number of halogens is 1. The van der Waals surface area contributed by atoms with Crippen molar-refractivity contribution >= 4 is 5.97 Å². The summed E-state index contributed by atoms with van der Waals surface area (Å²) in [4.78, 5) is 11.0. The molecular formula is C13H17FO3. The van der Waals surface area contributed by atoms with E-state index in [1.54, 1.807) is 19.2 Å². The molecule has 0 saturated carbocycles. The zero-order valence-electron chi connectivity index (χ0n) is 10.1. The minimum atomic E-state index is -0.266. The van der Waals surface area contributed by atoms with Crippen molar-refractivity contribution in [2.45, 2.75) is 25.4 Å². The molecule has 0 amide bonds. The van der Waals surface area contributed by atoms with E-state index in [4.69, 9.17) is 4.74 Å². The predicted octanol–water partition coefficient (Wildman–Crippen LogP) is 2.86. The van der Waals surface area contributed by atoms with Gasteiger partial charge in [-0.3, -0.25) is 4.79 Å². The number of ether oxygens (including phenoxy) is 2. The van der Waals surface area contributed by atoms with Gasteiger partial charge < -0.3 is 9.47 Å². The number of methoxy groups -OCH3 is 2. The molecular weight excluding hydrogens is 223 g/mol. The van der Waals surface area contributed by atoms with Gasteiger partial charge in [0.25, 0.3) is 0 Å². The number of hydrogen-bond donors (Lipinski definition) is 0. The molecule has 17 heavy (non-hydrogen) atoms. The summed E-state index contributed by atoms with van der Waals surface area (Å²) < 4.78 is 22.6. The van der Waals surface area contributed by atoms with Crippen LogP contribution in [0.15, 0.2) is 24.3 Å². The maximum Gasteiger partial charge on any atom is 0.305 e. The van der Waals surface area contributed by atoms with Gasteiger partial charge in [0, 0.05) is 13.5 Å². The van der Waals surface area contributed by atoms with E-state index >= 15 is 0 Å². The van der Waals surface area contributed by atoms with Gasteiger partial charge in [-0.15, -0.1) is 0 Å². The van der Waals surface area contributed by atoms with E-state index in [1.807, 2.05) is 0 Å². The fourth-order valence-electron chi connectivity index (χ4n) is 1.63. The monoisotopic (exact) mass is 240 g/mol. The molecule has 1 aromatic rings. The molecule has 0 heterocycles. The van der Waals surface area contributed by atoms with Crippen molar-refractivity contribution in [2.75, 3.05) is 14.2 Å². The van der Waals surface area contributed by atoms with Gasteiger partial charge in [0.05, 0.1) is 13.2 Å². The van der Waals surface area contributed by atoms with Crippen LogP contribution in [0, 0.1) is 5.82 Å². The van der Waals surface area contributed by atoms with Gasteiger partial charge in [0.2, 0.25) is 0 Å². The molecule has 4 heteroatoms. The third kappa shape index (κ3) is 4.53. The van der Waals surface area contributed by atoms with Crippen LogP contribution in [0.25, 0.3) is 0 Å². The highest BCUT2D eigenvalue weighted by molar-refractivity contribution is 5.68. The van der Waals surface area contributed by atoms with Crippen molar-refractivity contribution in [3.63, 3.8) is 0 Å². The second-order valence-electron chi connectivity index (χ2n) is 3.74. The van der Waals surface area contributed by atoms with Gasteiger partial charge in [0.1, 0.15) is 5.82 Å². The van der Waals surface area contributed by atoms with E-state index in [-0.39, 0.29) is 17.9 Å². The second-order valence-corrected chi connectivity index (χ2v) is 3.74. The van der Waals surface area contributed by atoms with Crippen LogP contribution in [0.4, 0.5) is 4.39 Å². The van der Waals surface area contributed by atoms with Gasteiger partial charge >= 0.3 is 5.97 Å². The number of carbonyl (C=O) groups is 1. The van der Waals surface area contributed by atoms with Crippen molar-refractivity contribution in [1.29, 1.82) is 0 Å². The smallest absolute Gasteiger partial charge is 0.305 e. The van der Waals surface area contributed by atoms with Crippen molar-refractivity contribution < 1.29 is 18.7 Å². The lowest BCUT2D eigenvalue weighted by Crippen LogP contribution is -2.05. The minimum Gasteiger partial charge on any atom is -0.469 e. The molecule has 1 rings (SSSR count). The number of benzene rings is 1. The maximum atomic E-state index is 12.8. The number of rotatable bonds is 6. The molecule has 0 fully saturated rings. The van der Waals surface area contributed by atoms with E-state index in [0.717, 1.165) is 5.56 Å². The topological polar surface area (TPSA) is 35.5 Å². The number of carbonyl (C=O) groups excluding carboxylic acids is 1. The Balaban J connectivity index is 2.48. The first-order valence-corrected chi connectivity index (χ1v) is 5.52.